The third kappa shape index (κ3) is 4.74. The van der Waals surface area contributed by atoms with Gasteiger partial charge < -0.3 is 15.6 Å². The van der Waals surface area contributed by atoms with E-state index in [1.165, 1.54) is 0 Å². The van der Waals surface area contributed by atoms with Gasteiger partial charge in [0.15, 0.2) is 0 Å². The van der Waals surface area contributed by atoms with Gasteiger partial charge in [-0.25, -0.2) is 0 Å². The van der Waals surface area contributed by atoms with E-state index in [4.69, 9.17) is 10.5 Å². The molecule has 0 saturated carbocycles. The van der Waals surface area contributed by atoms with Crippen molar-refractivity contribution in [3.8, 4) is 0 Å². The minimum absolute atomic E-state index is 0.181. The fourth-order valence-corrected chi connectivity index (χ4v) is 1.60. The van der Waals surface area contributed by atoms with Crippen molar-refractivity contribution in [1.82, 2.24) is 0 Å². The summed E-state index contributed by atoms with van der Waals surface area (Å²) in [4.78, 5) is 0. The zero-order valence-corrected chi connectivity index (χ0v) is 10.1. The number of hydrogen-bond acceptors (Lipinski definition) is 3. The van der Waals surface area contributed by atoms with Crippen molar-refractivity contribution < 1.29 is 9.84 Å². The third-order valence-electron chi connectivity index (χ3n) is 1.94. The predicted molar refractivity (Wildman–Crippen MR) is 58.9 cm³/mol. The number of rotatable bonds is 4. The number of aliphatic hydroxyl groups is 1. The zero-order valence-electron chi connectivity index (χ0n) is 10.1. The van der Waals surface area contributed by atoms with Gasteiger partial charge in [-0.1, -0.05) is 6.08 Å². The molecule has 3 nitrogen and oxygen atoms in total. The van der Waals surface area contributed by atoms with E-state index in [2.05, 4.69) is 0 Å². The molecule has 0 radical (unpaired) electrons. The Morgan fingerprint density at radius 1 is 1.36 bits per heavy atom. The van der Waals surface area contributed by atoms with E-state index in [0.717, 1.165) is 5.57 Å². The lowest BCUT2D eigenvalue weighted by molar-refractivity contribution is -0.0572. The van der Waals surface area contributed by atoms with Gasteiger partial charge in [0.05, 0.1) is 11.7 Å². The minimum atomic E-state index is -0.862. The highest BCUT2D eigenvalue weighted by atomic mass is 16.5. The molecule has 3 N–H and O–H groups in total. The normalized spacial score (nSPS) is 17.0. The molecule has 0 heterocycles. The SMILES string of the molecule is CC=C(C(C)OC(C)(C)N)C(C)(C)O. The standard InChI is InChI=1S/C11H23NO2/c1-7-9(10(3,4)13)8(2)14-11(5,6)12/h7-8,13H,12H2,1-6H3. The first kappa shape index (κ1) is 13.6. The van der Waals surface area contributed by atoms with Crippen LogP contribution in [0.1, 0.15) is 41.5 Å². The lowest BCUT2D eigenvalue weighted by Crippen LogP contribution is -2.41. The summed E-state index contributed by atoms with van der Waals surface area (Å²) in [5, 5.41) is 9.86. The fraction of sp³-hybridized carbons (Fsp3) is 0.818. The average Bonchev–Trinajstić information content (AvgIpc) is 1.79. The third-order valence-corrected chi connectivity index (χ3v) is 1.94. The number of allylic oxidation sites excluding steroid dienone is 1. The van der Waals surface area contributed by atoms with Crippen LogP contribution in [0.2, 0.25) is 0 Å². The van der Waals surface area contributed by atoms with Crippen LogP contribution in [0.25, 0.3) is 0 Å². The average molecular weight is 201 g/mol. The fourth-order valence-electron chi connectivity index (χ4n) is 1.60. The molecule has 0 aromatic rings. The first-order valence-electron chi connectivity index (χ1n) is 4.93. The van der Waals surface area contributed by atoms with Crippen molar-refractivity contribution >= 4 is 0 Å². The summed E-state index contributed by atoms with van der Waals surface area (Å²) in [6.45, 7) is 10.8. The van der Waals surface area contributed by atoms with Crippen LogP contribution in [0.3, 0.4) is 0 Å². The van der Waals surface area contributed by atoms with E-state index in [0.29, 0.717) is 0 Å². The van der Waals surface area contributed by atoms with Crippen molar-refractivity contribution in [2.24, 2.45) is 5.73 Å². The molecule has 0 aliphatic heterocycles. The molecule has 0 aromatic carbocycles. The number of ether oxygens (including phenoxy) is 1. The molecular formula is C11H23NO2. The zero-order chi connectivity index (χ0) is 11.6. The second-order valence-corrected chi connectivity index (χ2v) is 4.67. The number of hydrogen-bond donors (Lipinski definition) is 2. The molecule has 3 heteroatoms. The van der Waals surface area contributed by atoms with Crippen molar-refractivity contribution in [3.63, 3.8) is 0 Å². The summed E-state index contributed by atoms with van der Waals surface area (Å²) in [6.07, 6.45) is 1.69. The second-order valence-electron chi connectivity index (χ2n) is 4.67. The van der Waals surface area contributed by atoms with Gasteiger partial charge in [0.2, 0.25) is 0 Å². The maximum absolute atomic E-state index is 9.86. The Morgan fingerprint density at radius 2 is 1.79 bits per heavy atom. The summed E-state index contributed by atoms with van der Waals surface area (Å²) in [7, 11) is 0. The molecule has 84 valence electrons. The molecule has 14 heavy (non-hydrogen) atoms. The highest BCUT2D eigenvalue weighted by Gasteiger charge is 2.27. The Balaban J connectivity index is 4.59. The molecule has 0 fully saturated rings. The van der Waals surface area contributed by atoms with Gasteiger partial charge in [0.25, 0.3) is 0 Å². The smallest absolute Gasteiger partial charge is 0.111 e. The molecular weight excluding hydrogens is 178 g/mol. The van der Waals surface area contributed by atoms with Crippen LogP contribution in [0.4, 0.5) is 0 Å². The summed E-state index contributed by atoms with van der Waals surface area (Å²) in [5.41, 5.74) is 5.04. The maximum Gasteiger partial charge on any atom is 0.111 e. The molecule has 1 unspecified atom stereocenters. The molecule has 0 saturated heterocycles. The van der Waals surface area contributed by atoms with Gasteiger partial charge in [-0.2, -0.15) is 0 Å². The van der Waals surface area contributed by atoms with Crippen LogP contribution in [0.15, 0.2) is 11.6 Å². The van der Waals surface area contributed by atoms with Gasteiger partial charge in [-0.05, 0) is 47.1 Å². The molecule has 0 aliphatic carbocycles. The van der Waals surface area contributed by atoms with E-state index in [1.54, 1.807) is 27.7 Å². The molecule has 0 amide bonds. The number of nitrogens with two attached hydrogens (primary N) is 1. The van der Waals surface area contributed by atoms with Crippen LogP contribution >= 0.6 is 0 Å². The van der Waals surface area contributed by atoms with Gasteiger partial charge in [0, 0.05) is 0 Å². The largest absolute Gasteiger partial charge is 0.386 e. The van der Waals surface area contributed by atoms with Crippen molar-refractivity contribution in [3.05, 3.63) is 11.6 Å². The molecule has 0 aliphatic rings. The Bertz CT molecular complexity index is 208. The summed E-state index contributed by atoms with van der Waals surface area (Å²) >= 11 is 0. The maximum atomic E-state index is 9.86. The lowest BCUT2D eigenvalue weighted by atomic mass is 9.93. The molecule has 0 rings (SSSR count). The van der Waals surface area contributed by atoms with E-state index < -0.39 is 11.3 Å². The van der Waals surface area contributed by atoms with Gasteiger partial charge >= 0.3 is 0 Å². The molecule has 0 aromatic heterocycles. The highest BCUT2D eigenvalue weighted by molar-refractivity contribution is 5.17. The van der Waals surface area contributed by atoms with Crippen molar-refractivity contribution in [1.29, 1.82) is 0 Å². The van der Waals surface area contributed by atoms with Gasteiger partial charge in [0.1, 0.15) is 5.72 Å². The van der Waals surface area contributed by atoms with Crippen LogP contribution in [-0.4, -0.2) is 22.5 Å². The van der Waals surface area contributed by atoms with E-state index >= 15 is 0 Å². The quantitative estimate of drug-likeness (QED) is 0.538. The minimum Gasteiger partial charge on any atom is -0.386 e. The van der Waals surface area contributed by atoms with Crippen LogP contribution in [-0.2, 0) is 4.74 Å². The van der Waals surface area contributed by atoms with E-state index in [-0.39, 0.29) is 6.10 Å². The van der Waals surface area contributed by atoms with Gasteiger partial charge in [-0.3, -0.25) is 0 Å². The monoisotopic (exact) mass is 201 g/mol. The van der Waals surface area contributed by atoms with E-state index in [1.807, 2.05) is 19.9 Å². The van der Waals surface area contributed by atoms with Gasteiger partial charge in [-0.15, -0.1) is 0 Å². The predicted octanol–water partition coefficient (Wildman–Crippen LogP) is 1.80. The van der Waals surface area contributed by atoms with Crippen LogP contribution in [0.5, 0.6) is 0 Å². The Morgan fingerprint density at radius 3 is 2.00 bits per heavy atom. The summed E-state index contributed by atoms with van der Waals surface area (Å²) in [5.74, 6) is 0. The molecule has 1 atom stereocenters. The molecule has 0 spiro atoms. The Labute approximate surface area is 86.9 Å². The Kier molecular flexibility index (Phi) is 4.31. The Hall–Kier alpha value is -0.380. The van der Waals surface area contributed by atoms with Crippen molar-refractivity contribution in [2.45, 2.75) is 59.0 Å². The first-order chi connectivity index (χ1) is 6.08. The van der Waals surface area contributed by atoms with E-state index in [9.17, 15) is 5.11 Å². The topological polar surface area (TPSA) is 55.5 Å². The lowest BCUT2D eigenvalue weighted by Gasteiger charge is -2.31. The summed E-state index contributed by atoms with van der Waals surface area (Å²) in [6, 6.07) is 0. The molecule has 0 bridgehead atoms. The summed E-state index contributed by atoms with van der Waals surface area (Å²) < 4.78 is 5.57. The second kappa shape index (κ2) is 4.43. The first-order valence-corrected chi connectivity index (χ1v) is 4.93. The van der Waals surface area contributed by atoms with Crippen LogP contribution < -0.4 is 5.73 Å². The van der Waals surface area contributed by atoms with Crippen LogP contribution in [0, 0.1) is 0 Å². The van der Waals surface area contributed by atoms with Crippen molar-refractivity contribution in [2.75, 3.05) is 0 Å². The highest BCUT2D eigenvalue weighted by Crippen LogP contribution is 2.23.